The lowest BCUT2D eigenvalue weighted by Gasteiger charge is -2.16. The maximum Gasteiger partial charge on any atom is 0.416 e. The normalized spacial score (nSPS) is 13.2. The Kier molecular flexibility index (Phi) is 4.44. The van der Waals surface area contributed by atoms with Crippen molar-refractivity contribution in [3.63, 3.8) is 0 Å². The van der Waals surface area contributed by atoms with E-state index in [1.807, 2.05) is 0 Å². The number of anilines is 1. The summed E-state index contributed by atoms with van der Waals surface area (Å²) in [6, 6.07) is 9.69. The molecule has 0 spiro atoms. The van der Waals surface area contributed by atoms with Crippen LogP contribution in [0.25, 0.3) is 0 Å². The number of hydrogen-bond donors (Lipinski definition) is 2. The lowest BCUT2D eigenvalue weighted by Crippen LogP contribution is -2.10. The summed E-state index contributed by atoms with van der Waals surface area (Å²) in [5.41, 5.74) is 5.72. The molecule has 112 valence electrons. The molecule has 0 radical (unpaired) electrons. The third-order valence-electron chi connectivity index (χ3n) is 3.09. The van der Waals surface area contributed by atoms with E-state index < -0.39 is 17.8 Å². The third kappa shape index (κ3) is 3.89. The predicted octanol–water partition coefficient (Wildman–Crippen LogP) is 4.22. The zero-order valence-electron chi connectivity index (χ0n) is 10.9. The van der Waals surface area contributed by atoms with E-state index in [2.05, 4.69) is 0 Å². The van der Waals surface area contributed by atoms with Gasteiger partial charge in [0.05, 0.1) is 11.7 Å². The highest BCUT2D eigenvalue weighted by Crippen LogP contribution is 2.34. The van der Waals surface area contributed by atoms with E-state index in [1.165, 1.54) is 0 Å². The molecule has 0 heterocycles. The van der Waals surface area contributed by atoms with Crippen molar-refractivity contribution in [3.05, 3.63) is 64.2 Å². The molecule has 3 N–H and O–H groups in total. The van der Waals surface area contributed by atoms with Gasteiger partial charge < -0.3 is 10.8 Å². The van der Waals surface area contributed by atoms with Crippen molar-refractivity contribution < 1.29 is 18.3 Å². The van der Waals surface area contributed by atoms with Crippen molar-refractivity contribution in [2.45, 2.75) is 18.7 Å². The Morgan fingerprint density at radius 2 is 1.86 bits per heavy atom. The minimum atomic E-state index is -4.47. The molecule has 0 amide bonds. The number of alkyl halides is 3. The highest BCUT2D eigenvalue weighted by molar-refractivity contribution is 6.30. The number of hydrogen-bond acceptors (Lipinski definition) is 2. The molecule has 1 atom stereocenters. The highest BCUT2D eigenvalue weighted by Gasteiger charge is 2.31. The number of benzene rings is 2. The molecule has 21 heavy (non-hydrogen) atoms. The fourth-order valence-corrected chi connectivity index (χ4v) is 2.25. The van der Waals surface area contributed by atoms with Gasteiger partial charge in [-0.2, -0.15) is 13.2 Å². The van der Waals surface area contributed by atoms with E-state index in [9.17, 15) is 18.3 Å². The molecule has 0 bridgehead atoms. The lowest BCUT2D eigenvalue weighted by molar-refractivity contribution is -0.137. The van der Waals surface area contributed by atoms with Crippen LogP contribution in [0.1, 0.15) is 22.8 Å². The summed E-state index contributed by atoms with van der Waals surface area (Å²) in [5, 5.41) is 10.6. The lowest BCUT2D eigenvalue weighted by atomic mass is 9.98. The smallest absolute Gasteiger partial charge is 0.398 e. The quantitative estimate of drug-likeness (QED) is 0.833. The predicted molar refractivity (Wildman–Crippen MR) is 76.0 cm³/mol. The van der Waals surface area contributed by atoms with Crippen LogP contribution < -0.4 is 5.73 Å². The SMILES string of the molecule is Nc1ccc(C(F)(F)F)cc1C(O)Cc1cccc(Cl)c1. The fourth-order valence-electron chi connectivity index (χ4n) is 2.04. The van der Waals surface area contributed by atoms with Gasteiger partial charge >= 0.3 is 6.18 Å². The number of nitrogen functional groups attached to an aromatic ring is 1. The Bertz CT molecular complexity index is 643. The van der Waals surface area contributed by atoms with Crippen LogP contribution in [0.2, 0.25) is 5.02 Å². The molecule has 2 aromatic carbocycles. The molecule has 2 nitrogen and oxygen atoms in total. The molecule has 0 saturated heterocycles. The number of nitrogens with two attached hydrogens (primary N) is 1. The first-order valence-electron chi connectivity index (χ1n) is 6.16. The van der Waals surface area contributed by atoms with E-state index in [0.717, 1.165) is 18.2 Å². The van der Waals surface area contributed by atoms with Gasteiger partial charge in [-0.3, -0.25) is 0 Å². The molecule has 0 saturated carbocycles. The minimum Gasteiger partial charge on any atom is -0.398 e. The minimum absolute atomic E-state index is 0.0600. The molecular formula is C15H13ClF3NO. The molecule has 0 aliphatic rings. The molecular weight excluding hydrogens is 303 g/mol. The van der Waals surface area contributed by atoms with Crippen LogP contribution >= 0.6 is 11.6 Å². The second-order valence-corrected chi connectivity index (χ2v) is 5.13. The molecule has 6 heteroatoms. The van der Waals surface area contributed by atoms with E-state index in [1.54, 1.807) is 24.3 Å². The van der Waals surface area contributed by atoms with Crippen molar-refractivity contribution in [2.24, 2.45) is 0 Å². The third-order valence-corrected chi connectivity index (χ3v) is 3.33. The zero-order chi connectivity index (χ0) is 15.6. The maximum absolute atomic E-state index is 12.7. The van der Waals surface area contributed by atoms with Gasteiger partial charge in [0.15, 0.2) is 0 Å². The highest BCUT2D eigenvalue weighted by atomic mass is 35.5. The molecule has 2 aromatic rings. The summed E-state index contributed by atoms with van der Waals surface area (Å²) in [6.07, 6.45) is -5.48. The standard InChI is InChI=1S/C15H13ClF3NO/c16-11-3-1-2-9(6-11)7-14(21)12-8-10(15(17,18)19)4-5-13(12)20/h1-6,8,14,21H,7,20H2. The van der Waals surface area contributed by atoms with Crippen molar-refractivity contribution in [2.75, 3.05) is 5.73 Å². The molecule has 0 aliphatic heterocycles. The number of rotatable bonds is 3. The van der Waals surface area contributed by atoms with E-state index in [0.29, 0.717) is 10.6 Å². The topological polar surface area (TPSA) is 46.2 Å². The Hall–Kier alpha value is -1.72. The van der Waals surface area contributed by atoms with Gasteiger partial charge in [0.25, 0.3) is 0 Å². The second kappa shape index (κ2) is 5.95. The first-order chi connectivity index (χ1) is 9.77. The Morgan fingerprint density at radius 3 is 2.48 bits per heavy atom. The monoisotopic (exact) mass is 315 g/mol. The van der Waals surface area contributed by atoms with E-state index in [4.69, 9.17) is 17.3 Å². The number of halogens is 4. The van der Waals surface area contributed by atoms with Crippen molar-refractivity contribution in [1.29, 1.82) is 0 Å². The van der Waals surface area contributed by atoms with Crippen LogP contribution in [0.15, 0.2) is 42.5 Å². The summed E-state index contributed by atoms with van der Waals surface area (Å²) in [6.45, 7) is 0. The summed E-state index contributed by atoms with van der Waals surface area (Å²) in [4.78, 5) is 0. The van der Waals surface area contributed by atoms with Crippen LogP contribution in [0.4, 0.5) is 18.9 Å². The summed E-state index contributed by atoms with van der Waals surface area (Å²) >= 11 is 5.84. The first-order valence-corrected chi connectivity index (χ1v) is 6.54. The Balaban J connectivity index is 2.28. The van der Waals surface area contributed by atoms with Crippen LogP contribution in [-0.2, 0) is 12.6 Å². The molecule has 0 fully saturated rings. The first kappa shape index (κ1) is 15.7. The van der Waals surface area contributed by atoms with Crippen molar-refractivity contribution in [1.82, 2.24) is 0 Å². The van der Waals surface area contributed by atoms with Crippen molar-refractivity contribution in [3.8, 4) is 0 Å². The van der Waals surface area contributed by atoms with E-state index >= 15 is 0 Å². The van der Waals surface area contributed by atoms with E-state index in [-0.39, 0.29) is 17.7 Å². The zero-order valence-corrected chi connectivity index (χ0v) is 11.6. The second-order valence-electron chi connectivity index (χ2n) is 4.69. The molecule has 0 aliphatic carbocycles. The van der Waals surface area contributed by atoms with Crippen LogP contribution in [0.3, 0.4) is 0 Å². The maximum atomic E-state index is 12.7. The van der Waals surface area contributed by atoms with Gasteiger partial charge in [0, 0.05) is 22.7 Å². The molecule has 1 unspecified atom stereocenters. The Morgan fingerprint density at radius 1 is 1.14 bits per heavy atom. The number of aliphatic hydroxyl groups excluding tert-OH is 1. The Labute approximate surface area is 125 Å². The van der Waals surface area contributed by atoms with Crippen LogP contribution in [0.5, 0.6) is 0 Å². The van der Waals surface area contributed by atoms with Gasteiger partial charge in [0.1, 0.15) is 0 Å². The summed E-state index contributed by atoms with van der Waals surface area (Å²) < 4.78 is 38.1. The van der Waals surface area contributed by atoms with Gasteiger partial charge in [-0.05, 0) is 35.9 Å². The molecule has 2 rings (SSSR count). The van der Waals surface area contributed by atoms with Crippen LogP contribution in [-0.4, -0.2) is 5.11 Å². The largest absolute Gasteiger partial charge is 0.416 e. The summed E-state index contributed by atoms with van der Waals surface area (Å²) in [7, 11) is 0. The van der Waals surface area contributed by atoms with Gasteiger partial charge in [-0.15, -0.1) is 0 Å². The van der Waals surface area contributed by atoms with Gasteiger partial charge in [0.2, 0.25) is 0 Å². The molecule has 0 aromatic heterocycles. The fraction of sp³-hybridized carbons (Fsp3) is 0.200. The summed E-state index contributed by atoms with van der Waals surface area (Å²) in [5.74, 6) is 0. The number of aliphatic hydroxyl groups is 1. The van der Waals surface area contributed by atoms with Crippen LogP contribution in [0, 0.1) is 0 Å². The van der Waals surface area contributed by atoms with Gasteiger partial charge in [-0.1, -0.05) is 23.7 Å². The average Bonchev–Trinajstić information content (AvgIpc) is 2.37. The average molecular weight is 316 g/mol. The van der Waals surface area contributed by atoms with Crippen molar-refractivity contribution >= 4 is 17.3 Å². The van der Waals surface area contributed by atoms with Gasteiger partial charge in [-0.25, -0.2) is 0 Å².